The Kier molecular flexibility index (Phi) is 7.16. The summed E-state index contributed by atoms with van der Waals surface area (Å²) in [5, 5.41) is 3.25. The van der Waals surface area contributed by atoms with Crippen molar-refractivity contribution in [1.82, 2.24) is 10.2 Å². The van der Waals surface area contributed by atoms with E-state index in [2.05, 4.69) is 21.9 Å². The molecule has 2 N–H and O–H groups in total. The van der Waals surface area contributed by atoms with Crippen molar-refractivity contribution in [2.75, 3.05) is 24.4 Å². The second-order valence-electron chi connectivity index (χ2n) is 7.13. The molecule has 1 fully saturated rings. The van der Waals surface area contributed by atoms with Crippen LogP contribution in [0.1, 0.15) is 36.5 Å². The molecule has 156 valence electrons. The first-order valence-electron chi connectivity index (χ1n) is 9.80. The van der Waals surface area contributed by atoms with Crippen molar-refractivity contribution in [2.24, 2.45) is 0 Å². The van der Waals surface area contributed by atoms with Gasteiger partial charge in [0.15, 0.2) is 0 Å². The lowest BCUT2D eigenvalue weighted by Gasteiger charge is -2.26. The Hall–Kier alpha value is -2.09. The summed E-state index contributed by atoms with van der Waals surface area (Å²) < 4.78 is 27.9. The van der Waals surface area contributed by atoms with Crippen LogP contribution in [0.3, 0.4) is 0 Å². The number of likely N-dealkylation sites (tertiary alicyclic amines) is 1. The van der Waals surface area contributed by atoms with E-state index in [1.54, 1.807) is 36.4 Å². The first-order valence-corrected chi connectivity index (χ1v) is 11.7. The van der Waals surface area contributed by atoms with Gasteiger partial charge in [-0.3, -0.25) is 14.4 Å². The molecule has 1 aliphatic rings. The number of anilines is 1. The highest BCUT2D eigenvalue weighted by Crippen LogP contribution is 2.24. The summed E-state index contributed by atoms with van der Waals surface area (Å²) in [4.78, 5) is 15.0. The summed E-state index contributed by atoms with van der Waals surface area (Å²) in [6.07, 6.45) is 3.35. The van der Waals surface area contributed by atoms with Crippen LogP contribution in [-0.2, 0) is 10.0 Å². The normalized spacial score (nSPS) is 15.8. The summed E-state index contributed by atoms with van der Waals surface area (Å²) in [5.41, 5.74) is 0.601. The van der Waals surface area contributed by atoms with Crippen LogP contribution in [0.25, 0.3) is 0 Å². The monoisotopic (exact) mass is 435 g/mol. The third-order valence-corrected chi connectivity index (χ3v) is 6.84. The number of sulfonamides is 1. The Morgan fingerprint density at radius 2 is 1.86 bits per heavy atom. The quantitative estimate of drug-likeness (QED) is 0.662. The van der Waals surface area contributed by atoms with Crippen molar-refractivity contribution >= 4 is 33.2 Å². The highest BCUT2D eigenvalue weighted by molar-refractivity contribution is 7.92. The largest absolute Gasteiger partial charge is 0.350 e. The van der Waals surface area contributed by atoms with Gasteiger partial charge in [-0.25, -0.2) is 8.42 Å². The topological polar surface area (TPSA) is 78.5 Å². The fourth-order valence-electron chi connectivity index (χ4n) is 3.50. The number of carbonyl (C=O) groups is 1. The smallest absolute Gasteiger partial charge is 0.261 e. The first kappa shape index (κ1) is 21.6. The summed E-state index contributed by atoms with van der Waals surface area (Å²) in [7, 11) is -3.86. The van der Waals surface area contributed by atoms with Gasteiger partial charge in [-0.15, -0.1) is 0 Å². The van der Waals surface area contributed by atoms with Gasteiger partial charge in [-0.05, 0) is 62.7 Å². The van der Waals surface area contributed by atoms with E-state index in [0.29, 0.717) is 28.9 Å². The summed E-state index contributed by atoms with van der Waals surface area (Å²) in [6, 6.07) is 12.9. The lowest BCUT2D eigenvalue weighted by atomic mass is 10.1. The highest BCUT2D eigenvalue weighted by Gasteiger charge is 2.22. The van der Waals surface area contributed by atoms with Gasteiger partial charge in [-0.2, -0.15) is 0 Å². The molecule has 1 unspecified atom stereocenters. The zero-order valence-electron chi connectivity index (χ0n) is 16.4. The number of benzene rings is 2. The Morgan fingerprint density at radius 3 is 2.55 bits per heavy atom. The maximum absolute atomic E-state index is 12.7. The van der Waals surface area contributed by atoms with Gasteiger partial charge in [0.2, 0.25) is 0 Å². The summed E-state index contributed by atoms with van der Waals surface area (Å²) >= 11 is 6.04. The van der Waals surface area contributed by atoms with E-state index >= 15 is 0 Å². The van der Waals surface area contributed by atoms with Gasteiger partial charge in [0.25, 0.3) is 15.9 Å². The van der Waals surface area contributed by atoms with Crippen LogP contribution in [0.5, 0.6) is 0 Å². The zero-order valence-corrected chi connectivity index (χ0v) is 18.0. The number of nitrogens with one attached hydrogen (secondary N) is 2. The number of para-hydroxylation sites is 1. The van der Waals surface area contributed by atoms with Gasteiger partial charge in [0.05, 0.1) is 15.6 Å². The molecule has 3 rings (SSSR count). The molecular weight excluding hydrogens is 410 g/mol. The number of carbonyl (C=O) groups excluding carboxylic acids is 1. The molecule has 6 nitrogen and oxygen atoms in total. The maximum Gasteiger partial charge on any atom is 0.261 e. The molecule has 0 saturated carbocycles. The number of hydrogen-bond acceptors (Lipinski definition) is 4. The highest BCUT2D eigenvalue weighted by atomic mass is 35.5. The minimum Gasteiger partial charge on any atom is -0.350 e. The Morgan fingerprint density at radius 1 is 1.14 bits per heavy atom. The van der Waals surface area contributed by atoms with E-state index in [-0.39, 0.29) is 10.8 Å². The summed E-state index contributed by atoms with van der Waals surface area (Å²) in [5.74, 6) is -0.280. The van der Waals surface area contributed by atoms with E-state index in [0.717, 1.165) is 19.5 Å². The van der Waals surface area contributed by atoms with E-state index in [1.807, 2.05) is 0 Å². The second-order valence-corrected chi connectivity index (χ2v) is 9.22. The van der Waals surface area contributed by atoms with E-state index in [9.17, 15) is 13.2 Å². The van der Waals surface area contributed by atoms with Crippen molar-refractivity contribution in [2.45, 2.75) is 37.1 Å². The Labute approximate surface area is 177 Å². The SMILES string of the molecule is CCC(CNC(=O)c1cccc(S(=O)(=O)Nc2ccccc2Cl)c1)N1CCCC1. The molecule has 0 radical (unpaired) electrons. The number of amides is 1. The molecule has 8 heteroatoms. The van der Waals surface area contributed by atoms with Crippen LogP contribution in [0.4, 0.5) is 5.69 Å². The van der Waals surface area contributed by atoms with Crippen LogP contribution in [0.15, 0.2) is 53.4 Å². The van der Waals surface area contributed by atoms with Crippen LogP contribution in [0.2, 0.25) is 5.02 Å². The number of nitrogens with zero attached hydrogens (tertiary/aromatic N) is 1. The van der Waals surface area contributed by atoms with E-state index < -0.39 is 10.0 Å². The average Bonchev–Trinajstić information content (AvgIpc) is 3.25. The molecule has 0 spiro atoms. The zero-order chi connectivity index (χ0) is 20.9. The maximum atomic E-state index is 12.7. The number of hydrogen-bond donors (Lipinski definition) is 2. The fourth-order valence-corrected chi connectivity index (χ4v) is 4.87. The predicted molar refractivity (Wildman–Crippen MR) is 116 cm³/mol. The second kappa shape index (κ2) is 9.61. The molecule has 1 saturated heterocycles. The van der Waals surface area contributed by atoms with Crippen LogP contribution in [0, 0.1) is 0 Å². The van der Waals surface area contributed by atoms with Gasteiger partial charge >= 0.3 is 0 Å². The van der Waals surface area contributed by atoms with E-state index in [4.69, 9.17) is 11.6 Å². The molecule has 1 amide bonds. The average molecular weight is 436 g/mol. The number of halogens is 1. The third kappa shape index (κ3) is 5.50. The van der Waals surface area contributed by atoms with E-state index in [1.165, 1.54) is 25.0 Å². The van der Waals surface area contributed by atoms with Crippen molar-refractivity contribution in [3.8, 4) is 0 Å². The molecule has 0 aliphatic carbocycles. The lowest BCUT2D eigenvalue weighted by molar-refractivity contribution is 0.0937. The molecular formula is C21H26ClN3O3S. The first-order chi connectivity index (χ1) is 13.9. The molecule has 1 heterocycles. The molecule has 29 heavy (non-hydrogen) atoms. The minimum atomic E-state index is -3.86. The van der Waals surface area contributed by atoms with Crippen molar-refractivity contribution in [3.63, 3.8) is 0 Å². The summed E-state index contributed by atoms with van der Waals surface area (Å²) in [6.45, 7) is 4.79. The van der Waals surface area contributed by atoms with Crippen molar-refractivity contribution in [1.29, 1.82) is 0 Å². The molecule has 2 aromatic carbocycles. The Bertz CT molecular complexity index is 959. The van der Waals surface area contributed by atoms with Gasteiger partial charge < -0.3 is 5.32 Å². The molecule has 0 aromatic heterocycles. The molecule has 2 aromatic rings. The lowest BCUT2D eigenvalue weighted by Crippen LogP contribution is -2.42. The predicted octanol–water partition coefficient (Wildman–Crippen LogP) is 3.75. The molecule has 1 atom stereocenters. The molecule has 0 bridgehead atoms. The van der Waals surface area contributed by atoms with Gasteiger partial charge in [0, 0.05) is 18.2 Å². The van der Waals surface area contributed by atoms with Gasteiger partial charge in [-0.1, -0.05) is 36.7 Å². The third-order valence-electron chi connectivity index (χ3n) is 5.15. The standard InChI is InChI=1S/C21H26ClN3O3S/c1-2-17(25-12-5-6-13-25)15-23-21(26)16-8-7-9-18(14-16)29(27,28)24-20-11-4-3-10-19(20)22/h3-4,7-11,14,17,24H,2,5-6,12-13,15H2,1H3,(H,23,26). The minimum absolute atomic E-state index is 0.0108. The fraction of sp³-hybridized carbons (Fsp3) is 0.381. The van der Waals surface area contributed by atoms with Crippen molar-refractivity contribution in [3.05, 3.63) is 59.1 Å². The van der Waals surface area contributed by atoms with Crippen LogP contribution < -0.4 is 10.0 Å². The van der Waals surface area contributed by atoms with Gasteiger partial charge in [0.1, 0.15) is 0 Å². The number of rotatable bonds is 8. The van der Waals surface area contributed by atoms with Crippen LogP contribution >= 0.6 is 11.6 Å². The van der Waals surface area contributed by atoms with Crippen molar-refractivity contribution < 1.29 is 13.2 Å². The Balaban J connectivity index is 1.69. The molecule has 1 aliphatic heterocycles. The van der Waals surface area contributed by atoms with Crippen LogP contribution in [-0.4, -0.2) is 44.9 Å².